The first-order valence-electron chi connectivity index (χ1n) is 9.08. The standard InChI is InChI=1S/C21H23BrN2O3/c22-18-6-8-19(9-7-18)24(14-16-4-2-1-3-5-16)20(25)15-23-12-10-17(11-13-23)21(26)27/h1-9,17H,10-15H2,(H,26,27). The van der Waals surface area contributed by atoms with Gasteiger partial charge in [0.2, 0.25) is 5.91 Å². The number of amides is 1. The van der Waals surface area contributed by atoms with E-state index >= 15 is 0 Å². The highest BCUT2D eigenvalue weighted by molar-refractivity contribution is 9.10. The summed E-state index contributed by atoms with van der Waals surface area (Å²) >= 11 is 3.44. The van der Waals surface area contributed by atoms with Crippen LogP contribution in [0.2, 0.25) is 0 Å². The number of hydrogen-bond acceptors (Lipinski definition) is 3. The number of carbonyl (C=O) groups is 2. The molecule has 2 aromatic carbocycles. The normalized spacial score (nSPS) is 15.4. The van der Waals surface area contributed by atoms with Gasteiger partial charge in [-0.2, -0.15) is 0 Å². The number of anilines is 1. The molecule has 0 saturated carbocycles. The Labute approximate surface area is 167 Å². The van der Waals surface area contributed by atoms with Crippen molar-refractivity contribution in [2.75, 3.05) is 24.5 Å². The summed E-state index contributed by atoms with van der Waals surface area (Å²) in [5.41, 5.74) is 1.92. The van der Waals surface area contributed by atoms with Crippen molar-refractivity contribution in [3.05, 3.63) is 64.6 Å². The number of carboxylic acids is 1. The Morgan fingerprint density at radius 3 is 2.26 bits per heavy atom. The highest BCUT2D eigenvalue weighted by Gasteiger charge is 2.27. The number of piperidine rings is 1. The lowest BCUT2D eigenvalue weighted by Gasteiger charge is -2.32. The summed E-state index contributed by atoms with van der Waals surface area (Å²) in [6.07, 6.45) is 1.19. The minimum atomic E-state index is -0.735. The van der Waals surface area contributed by atoms with E-state index in [1.165, 1.54) is 0 Å². The van der Waals surface area contributed by atoms with E-state index in [0.29, 0.717) is 39.0 Å². The van der Waals surface area contributed by atoms with Crippen LogP contribution in [0.1, 0.15) is 18.4 Å². The van der Waals surface area contributed by atoms with Crippen molar-refractivity contribution in [2.45, 2.75) is 19.4 Å². The Hall–Kier alpha value is -2.18. The van der Waals surface area contributed by atoms with E-state index in [9.17, 15) is 9.59 Å². The second-order valence-electron chi connectivity index (χ2n) is 6.83. The maximum Gasteiger partial charge on any atom is 0.306 e. The first-order valence-corrected chi connectivity index (χ1v) is 9.87. The quantitative estimate of drug-likeness (QED) is 0.757. The van der Waals surface area contributed by atoms with Crippen molar-refractivity contribution in [1.82, 2.24) is 4.90 Å². The van der Waals surface area contributed by atoms with Crippen molar-refractivity contribution in [2.24, 2.45) is 5.92 Å². The zero-order valence-electron chi connectivity index (χ0n) is 15.1. The van der Waals surface area contributed by atoms with Gasteiger partial charge < -0.3 is 10.0 Å². The average molecular weight is 431 g/mol. The van der Waals surface area contributed by atoms with Crippen molar-refractivity contribution in [3.63, 3.8) is 0 Å². The second kappa shape index (κ2) is 9.15. The average Bonchev–Trinajstić information content (AvgIpc) is 2.68. The fourth-order valence-electron chi connectivity index (χ4n) is 3.33. The molecule has 3 rings (SSSR count). The predicted octanol–water partition coefficient (Wildman–Crippen LogP) is 3.78. The van der Waals surface area contributed by atoms with Crippen LogP contribution in [0, 0.1) is 5.92 Å². The fraction of sp³-hybridized carbons (Fsp3) is 0.333. The summed E-state index contributed by atoms with van der Waals surface area (Å²) < 4.78 is 0.967. The minimum absolute atomic E-state index is 0.0231. The van der Waals surface area contributed by atoms with Gasteiger partial charge in [0, 0.05) is 10.2 Å². The fourth-order valence-corrected chi connectivity index (χ4v) is 3.59. The molecule has 0 atom stereocenters. The molecule has 2 aromatic rings. The largest absolute Gasteiger partial charge is 0.481 e. The molecule has 1 heterocycles. The third-order valence-corrected chi connectivity index (χ3v) is 5.45. The smallest absolute Gasteiger partial charge is 0.306 e. The van der Waals surface area contributed by atoms with E-state index in [0.717, 1.165) is 15.7 Å². The molecule has 1 aliphatic heterocycles. The maximum absolute atomic E-state index is 13.1. The topological polar surface area (TPSA) is 60.9 Å². The summed E-state index contributed by atoms with van der Waals surface area (Å²) in [6, 6.07) is 17.6. The van der Waals surface area contributed by atoms with Crippen LogP contribution in [-0.2, 0) is 16.1 Å². The first-order chi connectivity index (χ1) is 13.0. The van der Waals surface area contributed by atoms with Crippen molar-refractivity contribution in [1.29, 1.82) is 0 Å². The van der Waals surface area contributed by atoms with Crippen LogP contribution in [0.15, 0.2) is 59.1 Å². The number of halogens is 1. The molecule has 0 spiro atoms. The SMILES string of the molecule is O=C(O)C1CCN(CC(=O)N(Cc2ccccc2)c2ccc(Br)cc2)CC1. The molecule has 6 heteroatoms. The predicted molar refractivity (Wildman–Crippen MR) is 109 cm³/mol. The van der Waals surface area contributed by atoms with Crippen LogP contribution in [0.3, 0.4) is 0 Å². The highest BCUT2D eigenvalue weighted by atomic mass is 79.9. The van der Waals surface area contributed by atoms with E-state index in [4.69, 9.17) is 5.11 Å². The van der Waals surface area contributed by atoms with Crippen molar-refractivity contribution >= 4 is 33.5 Å². The lowest BCUT2D eigenvalue weighted by atomic mass is 9.97. The Bertz CT molecular complexity index is 772. The van der Waals surface area contributed by atoms with Gasteiger partial charge in [0.05, 0.1) is 19.0 Å². The number of rotatable bonds is 6. The molecule has 1 aliphatic rings. The van der Waals surface area contributed by atoms with Crippen molar-refractivity contribution < 1.29 is 14.7 Å². The zero-order valence-corrected chi connectivity index (χ0v) is 16.6. The number of carbonyl (C=O) groups excluding carboxylic acids is 1. The first kappa shape index (κ1) is 19.6. The lowest BCUT2D eigenvalue weighted by Crippen LogP contribution is -2.44. The summed E-state index contributed by atoms with van der Waals surface area (Å²) in [4.78, 5) is 28.0. The monoisotopic (exact) mass is 430 g/mol. The van der Waals surface area contributed by atoms with Gasteiger partial charge in [0.1, 0.15) is 0 Å². The van der Waals surface area contributed by atoms with Gasteiger partial charge in [0.25, 0.3) is 0 Å². The van der Waals surface area contributed by atoms with Gasteiger partial charge in [-0.05, 0) is 55.8 Å². The van der Waals surface area contributed by atoms with E-state index in [1.807, 2.05) is 54.6 Å². The maximum atomic E-state index is 13.1. The molecule has 1 amide bonds. The third-order valence-electron chi connectivity index (χ3n) is 4.92. The molecule has 0 aromatic heterocycles. The molecule has 0 radical (unpaired) electrons. The zero-order chi connectivity index (χ0) is 19.2. The van der Waals surface area contributed by atoms with Crippen LogP contribution in [0.25, 0.3) is 0 Å². The molecule has 1 saturated heterocycles. The number of benzene rings is 2. The van der Waals surface area contributed by atoms with Crippen LogP contribution in [0.5, 0.6) is 0 Å². The molecule has 0 aliphatic carbocycles. The van der Waals surface area contributed by atoms with Crippen LogP contribution < -0.4 is 4.90 Å². The number of hydrogen-bond donors (Lipinski definition) is 1. The summed E-state index contributed by atoms with van der Waals surface area (Å²) in [6.45, 7) is 2.09. The van der Waals surface area contributed by atoms with E-state index in [1.54, 1.807) is 4.90 Å². The summed E-state index contributed by atoms with van der Waals surface area (Å²) in [7, 11) is 0. The van der Waals surface area contributed by atoms with Crippen LogP contribution in [0.4, 0.5) is 5.69 Å². The molecule has 0 unspecified atom stereocenters. The lowest BCUT2D eigenvalue weighted by molar-refractivity contribution is -0.143. The highest BCUT2D eigenvalue weighted by Crippen LogP contribution is 2.22. The molecule has 27 heavy (non-hydrogen) atoms. The second-order valence-corrected chi connectivity index (χ2v) is 7.75. The molecule has 1 fully saturated rings. The third kappa shape index (κ3) is 5.40. The van der Waals surface area contributed by atoms with Gasteiger partial charge in [-0.15, -0.1) is 0 Å². The number of nitrogens with zero attached hydrogens (tertiary/aromatic N) is 2. The van der Waals surface area contributed by atoms with E-state index < -0.39 is 5.97 Å². The van der Waals surface area contributed by atoms with Gasteiger partial charge in [-0.25, -0.2) is 0 Å². The van der Waals surface area contributed by atoms with E-state index in [2.05, 4.69) is 20.8 Å². The summed E-state index contributed by atoms with van der Waals surface area (Å²) in [5, 5.41) is 9.13. The van der Waals surface area contributed by atoms with Gasteiger partial charge in [0.15, 0.2) is 0 Å². The number of aliphatic carboxylic acids is 1. The molecule has 1 N–H and O–H groups in total. The van der Waals surface area contributed by atoms with Gasteiger partial charge in [-0.3, -0.25) is 14.5 Å². The number of likely N-dealkylation sites (tertiary alicyclic amines) is 1. The molecule has 0 bridgehead atoms. The van der Waals surface area contributed by atoms with E-state index in [-0.39, 0.29) is 11.8 Å². The summed E-state index contributed by atoms with van der Waals surface area (Å²) in [5.74, 6) is -1.00. The van der Waals surface area contributed by atoms with Crippen molar-refractivity contribution in [3.8, 4) is 0 Å². The molecular weight excluding hydrogens is 408 g/mol. The van der Waals surface area contributed by atoms with Gasteiger partial charge in [-0.1, -0.05) is 46.3 Å². The Morgan fingerprint density at radius 2 is 1.67 bits per heavy atom. The molecular formula is C21H23BrN2O3. The van der Waals surface area contributed by atoms with Crippen LogP contribution >= 0.6 is 15.9 Å². The molecule has 5 nitrogen and oxygen atoms in total. The minimum Gasteiger partial charge on any atom is -0.481 e. The Morgan fingerprint density at radius 1 is 1.04 bits per heavy atom. The molecule has 142 valence electrons. The number of carboxylic acid groups (broad SMARTS) is 1. The van der Waals surface area contributed by atoms with Gasteiger partial charge >= 0.3 is 5.97 Å². The Balaban J connectivity index is 1.71. The Kier molecular flexibility index (Phi) is 6.63. The van der Waals surface area contributed by atoms with Crippen LogP contribution in [-0.4, -0.2) is 41.5 Å².